The molecule has 1 aliphatic rings. The molecule has 0 aromatic heterocycles. The zero-order valence-electron chi connectivity index (χ0n) is 6.68. The fourth-order valence-electron chi connectivity index (χ4n) is 1.68. The summed E-state index contributed by atoms with van der Waals surface area (Å²) < 4.78 is 0. The van der Waals surface area contributed by atoms with Crippen LogP contribution < -0.4 is 5.32 Å². The highest BCUT2D eigenvalue weighted by Crippen LogP contribution is 2.18. The van der Waals surface area contributed by atoms with Crippen molar-refractivity contribution < 1.29 is 4.79 Å². The summed E-state index contributed by atoms with van der Waals surface area (Å²) in [7, 11) is 0. The van der Waals surface area contributed by atoms with E-state index in [-0.39, 0.29) is 0 Å². The lowest BCUT2D eigenvalue weighted by atomic mass is 9.95. The molecule has 0 bridgehead atoms. The molecule has 10 heavy (non-hydrogen) atoms. The Kier molecular flexibility index (Phi) is 2.44. The van der Waals surface area contributed by atoms with E-state index >= 15 is 0 Å². The van der Waals surface area contributed by atoms with Gasteiger partial charge in [-0.2, -0.15) is 0 Å². The van der Waals surface area contributed by atoms with Gasteiger partial charge in [-0.05, 0) is 26.3 Å². The minimum absolute atomic E-state index is 0.296. The number of ketones is 1. The van der Waals surface area contributed by atoms with Crippen LogP contribution in [-0.2, 0) is 4.79 Å². The maximum atomic E-state index is 11.0. The minimum Gasteiger partial charge on any atom is -0.313 e. The predicted molar refractivity (Wildman–Crippen MR) is 40.9 cm³/mol. The summed E-state index contributed by atoms with van der Waals surface area (Å²) in [5.74, 6) is 0.641. The topological polar surface area (TPSA) is 29.1 Å². The number of nitrogens with one attached hydrogen (secondary N) is 1. The molecule has 1 heterocycles. The maximum absolute atomic E-state index is 11.0. The fraction of sp³-hybridized carbons (Fsp3) is 0.875. The predicted octanol–water partition coefficient (Wildman–Crippen LogP) is 0.963. The summed E-state index contributed by atoms with van der Waals surface area (Å²) in [6.07, 6.45) is 2.11. The summed E-state index contributed by atoms with van der Waals surface area (Å²) in [6, 6.07) is 0.456. The minimum atomic E-state index is 0.296. The van der Waals surface area contributed by atoms with Gasteiger partial charge >= 0.3 is 0 Å². The highest BCUT2D eigenvalue weighted by atomic mass is 16.1. The van der Waals surface area contributed by atoms with Gasteiger partial charge in [-0.1, -0.05) is 6.92 Å². The summed E-state index contributed by atoms with van der Waals surface area (Å²) in [4.78, 5) is 11.0. The Morgan fingerprint density at radius 1 is 1.70 bits per heavy atom. The monoisotopic (exact) mass is 141 g/mol. The Balaban J connectivity index is 2.50. The molecule has 0 aromatic carbocycles. The normalized spacial score (nSPS) is 32.6. The van der Waals surface area contributed by atoms with E-state index in [1.54, 1.807) is 6.92 Å². The van der Waals surface area contributed by atoms with Gasteiger partial charge in [0.15, 0.2) is 0 Å². The van der Waals surface area contributed by atoms with Crippen molar-refractivity contribution in [3.63, 3.8) is 0 Å². The van der Waals surface area contributed by atoms with E-state index < -0.39 is 0 Å². The Bertz CT molecular complexity index is 133. The molecular weight excluding hydrogens is 126 g/mol. The van der Waals surface area contributed by atoms with E-state index in [1.807, 2.05) is 0 Å². The smallest absolute Gasteiger partial charge is 0.134 e. The number of Topliss-reactive ketones (excluding diaryl/α,β-unsaturated/α-hetero) is 1. The van der Waals surface area contributed by atoms with Gasteiger partial charge in [0.05, 0.1) is 0 Å². The lowest BCUT2D eigenvalue weighted by Gasteiger charge is -2.13. The molecule has 0 aliphatic carbocycles. The Morgan fingerprint density at radius 2 is 2.40 bits per heavy atom. The molecule has 0 amide bonds. The zero-order chi connectivity index (χ0) is 7.56. The molecule has 2 atom stereocenters. The molecule has 2 heteroatoms. The second kappa shape index (κ2) is 3.15. The SMILES string of the molecule is CCC1NCCC1C(C)=O. The van der Waals surface area contributed by atoms with Gasteiger partial charge in [0.1, 0.15) is 5.78 Å². The van der Waals surface area contributed by atoms with Crippen molar-refractivity contribution in [3.8, 4) is 0 Å². The van der Waals surface area contributed by atoms with Crippen LogP contribution in [-0.4, -0.2) is 18.4 Å². The molecule has 0 saturated carbocycles. The van der Waals surface area contributed by atoms with Crippen molar-refractivity contribution in [1.82, 2.24) is 5.32 Å². The van der Waals surface area contributed by atoms with Gasteiger partial charge in [0.25, 0.3) is 0 Å². The molecule has 0 radical (unpaired) electrons. The molecule has 0 spiro atoms. The first-order valence-electron chi connectivity index (χ1n) is 3.99. The molecule has 1 aliphatic heterocycles. The average molecular weight is 141 g/mol. The number of carbonyl (C=O) groups excluding carboxylic acids is 1. The van der Waals surface area contributed by atoms with E-state index in [4.69, 9.17) is 0 Å². The molecule has 1 N–H and O–H groups in total. The summed E-state index contributed by atoms with van der Waals surface area (Å²) in [5, 5.41) is 3.32. The summed E-state index contributed by atoms with van der Waals surface area (Å²) in [6.45, 7) is 4.84. The molecule has 2 unspecified atom stereocenters. The summed E-state index contributed by atoms with van der Waals surface area (Å²) >= 11 is 0. The van der Waals surface area contributed by atoms with Crippen LogP contribution in [0.4, 0.5) is 0 Å². The van der Waals surface area contributed by atoms with Crippen molar-refractivity contribution in [2.75, 3.05) is 6.54 Å². The molecule has 2 nitrogen and oxygen atoms in total. The van der Waals surface area contributed by atoms with Crippen LogP contribution in [0, 0.1) is 5.92 Å². The Labute approximate surface area is 62.0 Å². The number of hydrogen-bond acceptors (Lipinski definition) is 2. The van der Waals surface area contributed by atoms with E-state index in [0.717, 1.165) is 19.4 Å². The molecule has 1 saturated heterocycles. The largest absolute Gasteiger partial charge is 0.313 e. The molecule has 58 valence electrons. The Hall–Kier alpha value is -0.370. The van der Waals surface area contributed by atoms with E-state index in [1.165, 1.54) is 0 Å². The molecular formula is C8H15NO. The van der Waals surface area contributed by atoms with Gasteiger partial charge in [-0.15, -0.1) is 0 Å². The van der Waals surface area contributed by atoms with Crippen molar-refractivity contribution in [2.24, 2.45) is 5.92 Å². The van der Waals surface area contributed by atoms with E-state index in [2.05, 4.69) is 12.2 Å². The van der Waals surface area contributed by atoms with Gasteiger partial charge in [0.2, 0.25) is 0 Å². The third kappa shape index (κ3) is 1.37. The highest BCUT2D eigenvalue weighted by molar-refractivity contribution is 5.79. The van der Waals surface area contributed by atoms with Crippen LogP contribution in [0.2, 0.25) is 0 Å². The zero-order valence-corrected chi connectivity index (χ0v) is 6.68. The first-order chi connectivity index (χ1) is 4.75. The lowest BCUT2D eigenvalue weighted by molar-refractivity contribution is -0.120. The van der Waals surface area contributed by atoms with Crippen LogP contribution in [0.3, 0.4) is 0 Å². The third-order valence-electron chi connectivity index (χ3n) is 2.31. The summed E-state index contributed by atoms with van der Waals surface area (Å²) in [5.41, 5.74) is 0. The van der Waals surface area contributed by atoms with E-state index in [9.17, 15) is 4.79 Å². The second-order valence-electron chi connectivity index (χ2n) is 2.97. The first-order valence-corrected chi connectivity index (χ1v) is 3.99. The van der Waals surface area contributed by atoms with E-state index in [0.29, 0.717) is 17.7 Å². The van der Waals surface area contributed by atoms with Crippen LogP contribution in [0.1, 0.15) is 26.7 Å². The second-order valence-corrected chi connectivity index (χ2v) is 2.97. The lowest BCUT2D eigenvalue weighted by Crippen LogP contribution is -2.29. The average Bonchev–Trinajstić information content (AvgIpc) is 2.33. The number of hydrogen-bond donors (Lipinski definition) is 1. The van der Waals surface area contributed by atoms with Crippen molar-refractivity contribution in [2.45, 2.75) is 32.7 Å². The first kappa shape index (κ1) is 7.73. The molecule has 1 rings (SSSR count). The van der Waals surface area contributed by atoms with Gasteiger partial charge in [-0.25, -0.2) is 0 Å². The molecule has 0 aromatic rings. The standard InChI is InChI=1S/C8H15NO/c1-3-8-7(6(2)10)4-5-9-8/h7-9H,3-5H2,1-2H3. The number of rotatable bonds is 2. The van der Waals surface area contributed by atoms with Gasteiger partial charge in [0, 0.05) is 12.0 Å². The van der Waals surface area contributed by atoms with Crippen LogP contribution in [0.5, 0.6) is 0 Å². The van der Waals surface area contributed by atoms with Gasteiger partial charge in [-0.3, -0.25) is 4.79 Å². The van der Waals surface area contributed by atoms with Crippen LogP contribution in [0.25, 0.3) is 0 Å². The van der Waals surface area contributed by atoms with Crippen LogP contribution in [0.15, 0.2) is 0 Å². The van der Waals surface area contributed by atoms with Gasteiger partial charge < -0.3 is 5.32 Å². The van der Waals surface area contributed by atoms with Crippen molar-refractivity contribution >= 4 is 5.78 Å². The van der Waals surface area contributed by atoms with Crippen molar-refractivity contribution in [1.29, 1.82) is 0 Å². The third-order valence-corrected chi connectivity index (χ3v) is 2.31. The highest BCUT2D eigenvalue weighted by Gasteiger charge is 2.28. The molecule has 1 fully saturated rings. The quantitative estimate of drug-likeness (QED) is 0.620. The van der Waals surface area contributed by atoms with Crippen LogP contribution >= 0.6 is 0 Å². The number of carbonyl (C=O) groups is 1. The fourth-order valence-corrected chi connectivity index (χ4v) is 1.68. The maximum Gasteiger partial charge on any atom is 0.134 e. The van der Waals surface area contributed by atoms with Crippen molar-refractivity contribution in [3.05, 3.63) is 0 Å². The Morgan fingerprint density at radius 3 is 2.80 bits per heavy atom.